The van der Waals surface area contributed by atoms with E-state index in [1.54, 1.807) is 26.0 Å². The quantitative estimate of drug-likeness (QED) is 0.854. The molecule has 1 aromatic carbocycles. The van der Waals surface area contributed by atoms with E-state index in [1.807, 2.05) is 4.90 Å². The fourth-order valence-corrected chi connectivity index (χ4v) is 4.10. The predicted octanol–water partition coefficient (Wildman–Crippen LogP) is 3.07. The number of halogens is 2. The Labute approximate surface area is 153 Å². The second-order valence-electron chi connectivity index (χ2n) is 7.13. The maximum Gasteiger partial charge on any atom is 0.311 e. The number of rotatable bonds is 4. The highest BCUT2D eigenvalue weighted by molar-refractivity contribution is 5.94. The number of aliphatic carboxylic acids is 1. The summed E-state index contributed by atoms with van der Waals surface area (Å²) in [6, 6.07) is 4.17. The van der Waals surface area contributed by atoms with Crippen LogP contribution in [0.15, 0.2) is 18.2 Å². The van der Waals surface area contributed by atoms with Gasteiger partial charge in [0, 0.05) is 13.1 Å². The van der Waals surface area contributed by atoms with E-state index in [0.717, 1.165) is 18.4 Å². The molecule has 0 aromatic heterocycles. The second kappa shape index (κ2) is 7.30. The first-order valence-corrected chi connectivity index (χ1v) is 8.38. The summed E-state index contributed by atoms with van der Waals surface area (Å²) in [5, 5.41) is 12.3. The van der Waals surface area contributed by atoms with E-state index >= 15 is 0 Å². The van der Waals surface area contributed by atoms with Crippen molar-refractivity contribution in [2.75, 3.05) is 18.4 Å². The molecule has 1 heterocycles. The van der Waals surface area contributed by atoms with E-state index in [2.05, 4.69) is 5.32 Å². The summed E-state index contributed by atoms with van der Waals surface area (Å²) in [5.41, 5.74) is 0.225. The fraction of sp³-hybridized carbons (Fsp3) is 0.556. The van der Waals surface area contributed by atoms with E-state index in [4.69, 9.17) is 0 Å². The van der Waals surface area contributed by atoms with Crippen molar-refractivity contribution in [2.45, 2.75) is 39.2 Å². The number of aryl methyl sites for hydroxylation is 1. The fourth-order valence-electron chi connectivity index (χ4n) is 4.10. The van der Waals surface area contributed by atoms with Crippen LogP contribution in [0, 0.1) is 24.1 Å². The van der Waals surface area contributed by atoms with Crippen LogP contribution in [0.4, 0.5) is 10.1 Å². The third-order valence-corrected chi connectivity index (χ3v) is 5.63. The van der Waals surface area contributed by atoms with Gasteiger partial charge in [-0.05, 0) is 50.3 Å². The van der Waals surface area contributed by atoms with Crippen molar-refractivity contribution in [2.24, 2.45) is 11.3 Å². The zero-order valence-electron chi connectivity index (χ0n) is 14.4. The van der Waals surface area contributed by atoms with Crippen molar-refractivity contribution < 1.29 is 19.1 Å². The van der Waals surface area contributed by atoms with E-state index in [9.17, 15) is 19.1 Å². The van der Waals surface area contributed by atoms with E-state index in [0.29, 0.717) is 19.5 Å². The van der Waals surface area contributed by atoms with Gasteiger partial charge in [-0.1, -0.05) is 12.5 Å². The number of hydrogen-bond acceptors (Lipinski definition) is 3. The molecule has 1 saturated heterocycles. The molecule has 0 radical (unpaired) electrons. The smallest absolute Gasteiger partial charge is 0.311 e. The molecule has 1 amide bonds. The Balaban J connectivity index is 0.00000225. The molecule has 3 rings (SSSR count). The van der Waals surface area contributed by atoms with Crippen LogP contribution in [0.5, 0.6) is 0 Å². The number of carbonyl (C=O) groups excluding carboxylic acids is 1. The highest BCUT2D eigenvalue weighted by Crippen LogP contribution is 2.49. The van der Waals surface area contributed by atoms with Gasteiger partial charge in [0.1, 0.15) is 5.82 Å². The van der Waals surface area contributed by atoms with Crippen molar-refractivity contribution in [1.29, 1.82) is 0 Å². The lowest BCUT2D eigenvalue weighted by atomic mass is 9.81. The average Bonchev–Trinajstić information content (AvgIpc) is 3.07. The van der Waals surface area contributed by atoms with Crippen LogP contribution in [-0.4, -0.2) is 41.0 Å². The van der Waals surface area contributed by atoms with E-state index in [1.165, 1.54) is 6.07 Å². The Hall–Kier alpha value is -1.66. The molecule has 0 spiro atoms. The molecule has 25 heavy (non-hydrogen) atoms. The van der Waals surface area contributed by atoms with Crippen LogP contribution in [0.3, 0.4) is 0 Å². The zero-order valence-corrected chi connectivity index (χ0v) is 15.2. The molecule has 7 heteroatoms. The molecule has 2 fully saturated rings. The number of hydrogen-bond donors (Lipinski definition) is 2. The molecular formula is C18H24ClFN2O3. The zero-order chi connectivity index (χ0) is 17.5. The summed E-state index contributed by atoms with van der Waals surface area (Å²) in [6.07, 6.45) is 2.49. The first-order chi connectivity index (χ1) is 11.3. The summed E-state index contributed by atoms with van der Waals surface area (Å²) in [6.45, 7) is 4.53. The molecule has 0 bridgehead atoms. The van der Waals surface area contributed by atoms with Crippen molar-refractivity contribution in [3.05, 3.63) is 29.6 Å². The summed E-state index contributed by atoms with van der Waals surface area (Å²) in [5.74, 6) is -1.43. The Bertz CT molecular complexity index is 684. The monoisotopic (exact) mass is 370 g/mol. The van der Waals surface area contributed by atoms with Crippen LogP contribution in [-0.2, 0) is 9.59 Å². The molecule has 5 nitrogen and oxygen atoms in total. The Kier molecular flexibility index (Phi) is 5.74. The SMILES string of the molecule is Cc1ccc(NC(=O)C(C)N2C[C@@H]3CCC[C@@]3(C(=O)O)C2)c(F)c1.Cl. The Morgan fingerprint density at radius 1 is 1.44 bits per heavy atom. The van der Waals surface area contributed by atoms with Gasteiger partial charge < -0.3 is 10.4 Å². The molecule has 1 aliphatic heterocycles. The molecule has 1 unspecified atom stereocenters. The first-order valence-electron chi connectivity index (χ1n) is 8.38. The number of nitrogens with zero attached hydrogens (tertiary/aromatic N) is 1. The number of likely N-dealkylation sites (tertiary alicyclic amines) is 1. The van der Waals surface area contributed by atoms with Gasteiger partial charge in [-0.2, -0.15) is 0 Å². The lowest BCUT2D eigenvalue weighted by molar-refractivity contribution is -0.149. The number of fused-ring (bicyclic) bond motifs is 1. The normalized spacial score (nSPS) is 26.6. The highest BCUT2D eigenvalue weighted by Gasteiger charge is 2.55. The van der Waals surface area contributed by atoms with Gasteiger partial charge in [-0.25, -0.2) is 4.39 Å². The maximum atomic E-state index is 13.9. The third-order valence-electron chi connectivity index (χ3n) is 5.63. The number of benzene rings is 1. The lowest BCUT2D eigenvalue weighted by Gasteiger charge is -2.26. The van der Waals surface area contributed by atoms with Crippen molar-refractivity contribution in [3.63, 3.8) is 0 Å². The maximum absolute atomic E-state index is 13.9. The van der Waals surface area contributed by atoms with Crippen molar-refractivity contribution in [3.8, 4) is 0 Å². The van der Waals surface area contributed by atoms with Crippen LogP contribution in [0.1, 0.15) is 31.7 Å². The van der Waals surface area contributed by atoms with Gasteiger partial charge in [0.25, 0.3) is 0 Å². The Morgan fingerprint density at radius 3 is 2.76 bits per heavy atom. The van der Waals surface area contributed by atoms with Crippen molar-refractivity contribution in [1.82, 2.24) is 4.90 Å². The number of anilines is 1. The second-order valence-corrected chi connectivity index (χ2v) is 7.13. The van der Waals surface area contributed by atoms with Gasteiger partial charge in [0.15, 0.2) is 0 Å². The molecule has 138 valence electrons. The van der Waals surface area contributed by atoms with Crippen LogP contribution >= 0.6 is 12.4 Å². The van der Waals surface area contributed by atoms with E-state index < -0.39 is 23.2 Å². The summed E-state index contributed by atoms with van der Waals surface area (Å²) >= 11 is 0. The summed E-state index contributed by atoms with van der Waals surface area (Å²) in [4.78, 5) is 26.1. The molecule has 1 aromatic rings. The number of carboxylic acids is 1. The van der Waals surface area contributed by atoms with Gasteiger partial charge >= 0.3 is 5.97 Å². The minimum atomic E-state index is -0.760. The molecule has 1 saturated carbocycles. The highest BCUT2D eigenvalue weighted by atomic mass is 35.5. The van der Waals surface area contributed by atoms with Crippen LogP contribution in [0.25, 0.3) is 0 Å². The van der Waals surface area contributed by atoms with Crippen LogP contribution < -0.4 is 5.32 Å². The third kappa shape index (κ3) is 3.51. The lowest BCUT2D eigenvalue weighted by Crippen LogP contribution is -2.43. The molecule has 3 atom stereocenters. The van der Waals surface area contributed by atoms with Gasteiger partial charge in [0.05, 0.1) is 17.1 Å². The number of nitrogens with one attached hydrogen (secondary N) is 1. The molecular weight excluding hydrogens is 347 g/mol. The molecule has 2 N–H and O–H groups in total. The average molecular weight is 371 g/mol. The van der Waals surface area contributed by atoms with Gasteiger partial charge in [-0.3, -0.25) is 14.5 Å². The first kappa shape index (κ1) is 19.7. The van der Waals surface area contributed by atoms with Crippen LogP contribution in [0.2, 0.25) is 0 Å². The predicted molar refractivity (Wildman–Crippen MR) is 95.5 cm³/mol. The Morgan fingerprint density at radius 2 is 2.16 bits per heavy atom. The van der Waals surface area contributed by atoms with Gasteiger partial charge in [-0.15, -0.1) is 12.4 Å². The minimum absolute atomic E-state index is 0. The molecule has 1 aliphatic carbocycles. The summed E-state index contributed by atoms with van der Waals surface area (Å²) < 4.78 is 13.9. The number of carboxylic acid groups (broad SMARTS) is 1. The number of amides is 1. The van der Waals surface area contributed by atoms with Gasteiger partial charge in [0.2, 0.25) is 5.91 Å². The molecule has 2 aliphatic rings. The minimum Gasteiger partial charge on any atom is -0.481 e. The summed E-state index contributed by atoms with van der Waals surface area (Å²) in [7, 11) is 0. The van der Waals surface area contributed by atoms with Crippen molar-refractivity contribution >= 4 is 30.0 Å². The largest absolute Gasteiger partial charge is 0.481 e. The number of carbonyl (C=O) groups is 2. The topological polar surface area (TPSA) is 69.6 Å². The standard InChI is InChI=1S/C18H23FN2O3.ClH/c1-11-5-6-15(14(19)8-11)20-16(22)12(2)21-9-13-4-3-7-18(13,10-21)17(23)24;/h5-6,8,12-13H,3-4,7,9-10H2,1-2H3,(H,20,22)(H,23,24);1H/t12?,13-,18+;/m0./s1. The van der Waals surface area contributed by atoms with E-state index in [-0.39, 0.29) is 29.9 Å².